The van der Waals surface area contributed by atoms with Crippen LogP contribution in [0.2, 0.25) is 0 Å². The van der Waals surface area contributed by atoms with Crippen LogP contribution in [0.4, 0.5) is 0 Å². The van der Waals surface area contributed by atoms with Crippen molar-refractivity contribution < 1.29 is 4.52 Å². The van der Waals surface area contributed by atoms with Gasteiger partial charge in [-0.3, -0.25) is 4.90 Å². The van der Waals surface area contributed by atoms with Crippen LogP contribution in [0.3, 0.4) is 0 Å². The van der Waals surface area contributed by atoms with Gasteiger partial charge >= 0.3 is 0 Å². The summed E-state index contributed by atoms with van der Waals surface area (Å²) in [5.74, 6) is 2.25. The summed E-state index contributed by atoms with van der Waals surface area (Å²) in [5, 5.41) is 5.36. The highest BCUT2D eigenvalue weighted by atomic mass is 16.5. The first-order valence-electron chi connectivity index (χ1n) is 9.25. The zero-order valence-electron chi connectivity index (χ0n) is 14.3. The van der Waals surface area contributed by atoms with Crippen LogP contribution in [0.1, 0.15) is 54.7 Å². The van der Waals surface area contributed by atoms with Gasteiger partial charge < -0.3 is 4.52 Å². The van der Waals surface area contributed by atoms with Gasteiger partial charge in [0.05, 0.1) is 5.69 Å². The third kappa shape index (κ3) is 3.16. The van der Waals surface area contributed by atoms with Crippen LogP contribution in [0.15, 0.2) is 41.1 Å². The molecule has 0 unspecified atom stereocenters. The number of fused-ring (bicyclic) bond motifs is 1. The molecule has 0 spiro atoms. The molecule has 1 saturated heterocycles. The Balaban J connectivity index is 1.22. The molecule has 4 heterocycles. The number of piperidine rings is 1. The Hall–Kier alpha value is -2.27. The predicted molar refractivity (Wildman–Crippen MR) is 95.3 cm³/mol. The van der Waals surface area contributed by atoms with Gasteiger partial charge in [-0.1, -0.05) is 5.16 Å². The minimum Gasteiger partial charge on any atom is -0.361 e. The molecule has 5 rings (SSSR count). The van der Waals surface area contributed by atoms with Crippen LogP contribution in [0.25, 0.3) is 11.0 Å². The zero-order chi connectivity index (χ0) is 16.6. The highest BCUT2D eigenvalue weighted by Gasteiger charge is 2.28. The number of hydrogen-bond donors (Lipinski definition) is 0. The van der Waals surface area contributed by atoms with Crippen molar-refractivity contribution >= 4 is 11.0 Å². The Labute approximate surface area is 147 Å². The Morgan fingerprint density at radius 2 is 1.92 bits per heavy atom. The summed E-state index contributed by atoms with van der Waals surface area (Å²) in [6, 6.07) is 10.5. The maximum Gasteiger partial charge on any atom is 0.159 e. The van der Waals surface area contributed by atoms with Gasteiger partial charge in [-0.05, 0) is 63.0 Å². The lowest BCUT2D eigenvalue weighted by molar-refractivity contribution is 0.198. The molecule has 1 saturated carbocycles. The van der Waals surface area contributed by atoms with Gasteiger partial charge in [-0.2, -0.15) is 0 Å². The third-order valence-electron chi connectivity index (χ3n) is 5.43. The van der Waals surface area contributed by atoms with Crippen LogP contribution in [-0.4, -0.2) is 33.1 Å². The van der Waals surface area contributed by atoms with E-state index in [9.17, 15) is 0 Å². The number of hydrogen-bond acceptors (Lipinski definition) is 5. The van der Waals surface area contributed by atoms with Crippen molar-refractivity contribution in [2.24, 2.45) is 0 Å². The molecule has 5 nitrogen and oxygen atoms in total. The maximum atomic E-state index is 5.47. The van der Waals surface area contributed by atoms with E-state index in [-0.39, 0.29) is 0 Å². The van der Waals surface area contributed by atoms with Gasteiger partial charge in [0.25, 0.3) is 0 Å². The molecular formula is C20H22N4O. The fraction of sp³-hybridized carbons (Fsp3) is 0.450. The highest BCUT2D eigenvalue weighted by Crippen LogP contribution is 2.40. The molecule has 0 amide bonds. The maximum absolute atomic E-state index is 5.47. The van der Waals surface area contributed by atoms with Crippen molar-refractivity contribution in [3.8, 4) is 0 Å². The number of rotatable bonds is 4. The van der Waals surface area contributed by atoms with Crippen LogP contribution < -0.4 is 0 Å². The van der Waals surface area contributed by atoms with E-state index >= 15 is 0 Å². The lowest BCUT2D eigenvalue weighted by Crippen LogP contribution is -2.32. The molecule has 0 radical (unpaired) electrons. The van der Waals surface area contributed by atoms with Crippen molar-refractivity contribution in [1.82, 2.24) is 20.0 Å². The van der Waals surface area contributed by atoms with Crippen molar-refractivity contribution in [1.29, 1.82) is 0 Å². The Kier molecular flexibility index (Phi) is 3.74. The molecule has 128 valence electrons. The monoisotopic (exact) mass is 334 g/mol. The second-order valence-electron chi connectivity index (χ2n) is 7.33. The molecule has 2 aliphatic rings. The Morgan fingerprint density at radius 3 is 2.76 bits per heavy atom. The van der Waals surface area contributed by atoms with Crippen molar-refractivity contribution in [2.75, 3.05) is 13.1 Å². The second-order valence-corrected chi connectivity index (χ2v) is 7.33. The molecule has 3 aromatic rings. The van der Waals surface area contributed by atoms with Crippen molar-refractivity contribution in [3.05, 3.63) is 53.7 Å². The van der Waals surface area contributed by atoms with Gasteiger partial charge in [0.15, 0.2) is 5.65 Å². The summed E-state index contributed by atoms with van der Waals surface area (Å²) < 4.78 is 5.47. The number of aromatic nitrogens is 3. The Morgan fingerprint density at radius 1 is 1.04 bits per heavy atom. The van der Waals surface area contributed by atoms with E-state index in [0.29, 0.717) is 11.8 Å². The average molecular weight is 334 g/mol. The highest BCUT2D eigenvalue weighted by molar-refractivity contribution is 5.74. The lowest BCUT2D eigenvalue weighted by Gasteiger charge is -2.31. The quantitative estimate of drug-likeness (QED) is 0.725. The normalized spacial score (nSPS) is 19.5. The molecule has 1 aliphatic carbocycles. The molecule has 5 heteroatoms. The van der Waals surface area contributed by atoms with Crippen LogP contribution >= 0.6 is 0 Å². The summed E-state index contributed by atoms with van der Waals surface area (Å²) in [6.45, 7) is 3.06. The van der Waals surface area contributed by atoms with Crippen LogP contribution in [0, 0.1) is 0 Å². The zero-order valence-corrected chi connectivity index (χ0v) is 14.3. The number of pyridine rings is 2. The first-order chi connectivity index (χ1) is 12.3. The lowest BCUT2D eigenvalue weighted by atomic mass is 9.93. The van der Waals surface area contributed by atoms with Gasteiger partial charge in [0, 0.05) is 41.7 Å². The fourth-order valence-corrected chi connectivity index (χ4v) is 3.77. The first kappa shape index (κ1) is 15.0. The third-order valence-corrected chi connectivity index (χ3v) is 5.43. The summed E-state index contributed by atoms with van der Waals surface area (Å²) in [6.07, 6.45) is 6.61. The van der Waals surface area contributed by atoms with Gasteiger partial charge in [0.2, 0.25) is 0 Å². The van der Waals surface area contributed by atoms with E-state index in [2.05, 4.69) is 39.3 Å². The van der Waals surface area contributed by atoms with E-state index in [0.717, 1.165) is 55.0 Å². The second kappa shape index (κ2) is 6.23. The molecule has 0 N–H and O–H groups in total. The minimum atomic E-state index is 0.530. The van der Waals surface area contributed by atoms with E-state index < -0.39 is 0 Å². The SMILES string of the molecule is c1cnc2nc(C3CCN(Cc4cc(C5CC5)on4)CC3)ccc2c1. The minimum absolute atomic E-state index is 0.530. The number of nitrogens with zero attached hydrogens (tertiary/aromatic N) is 4. The van der Waals surface area contributed by atoms with Crippen molar-refractivity contribution in [2.45, 2.75) is 44.1 Å². The molecule has 25 heavy (non-hydrogen) atoms. The average Bonchev–Trinajstić information content (AvgIpc) is 3.42. The molecular weight excluding hydrogens is 312 g/mol. The molecule has 0 atom stereocenters. The van der Waals surface area contributed by atoms with E-state index in [4.69, 9.17) is 9.51 Å². The summed E-state index contributed by atoms with van der Waals surface area (Å²) in [5.41, 5.74) is 3.12. The Bertz CT molecular complexity index is 878. The largest absolute Gasteiger partial charge is 0.361 e. The van der Waals surface area contributed by atoms with Crippen molar-refractivity contribution in [3.63, 3.8) is 0 Å². The summed E-state index contributed by atoms with van der Waals surface area (Å²) >= 11 is 0. The van der Waals surface area contributed by atoms with E-state index in [1.165, 1.54) is 18.5 Å². The van der Waals surface area contributed by atoms with E-state index in [1.807, 2.05) is 12.3 Å². The van der Waals surface area contributed by atoms with Crippen LogP contribution in [0.5, 0.6) is 0 Å². The molecule has 0 aromatic carbocycles. The fourth-order valence-electron chi connectivity index (χ4n) is 3.77. The summed E-state index contributed by atoms with van der Waals surface area (Å²) in [4.78, 5) is 11.6. The molecule has 0 bridgehead atoms. The topological polar surface area (TPSA) is 55.1 Å². The van der Waals surface area contributed by atoms with Gasteiger partial charge in [0.1, 0.15) is 5.76 Å². The number of likely N-dealkylation sites (tertiary alicyclic amines) is 1. The predicted octanol–water partition coefficient (Wildman–Crippen LogP) is 3.87. The van der Waals surface area contributed by atoms with Crippen LogP contribution in [-0.2, 0) is 6.54 Å². The van der Waals surface area contributed by atoms with Gasteiger partial charge in [-0.25, -0.2) is 9.97 Å². The standard InChI is InChI=1S/C20H22N4O/c1-2-16-5-6-18(22-20(16)21-9-1)14-7-10-24(11-8-14)13-17-12-19(25-23-17)15-3-4-15/h1-2,5-6,9,12,14-15H,3-4,7-8,10-11,13H2. The van der Waals surface area contributed by atoms with E-state index in [1.54, 1.807) is 0 Å². The smallest absolute Gasteiger partial charge is 0.159 e. The van der Waals surface area contributed by atoms with Gasteiger partial charge in [-0.15, -0.1) is 0 Å². The molecule has 3 aromatic heterocycles. The first-order valence-corrected chi connectivity index (χ1v) is 9.25. The molecule has 2 fully saturated rings. The molecule has 1 aliphatic heterocycles. The summed E-state index contributed by atoms with van der Waals surface area (Å²) in [7, 11) is 0.